The summed E-state index contributed by atoms with van der Waals surface area (Å²) in [5.74, 6) is -0.333. The van der Waals surface area contributed by atoms with Crippen LogP contribution < -0.4 is 11.5 Å². The Bertz CT molecular complexity index is 83.0. The first-order valence-corrected chi connectivity index (χ1v) is 3.51. The Morgan fingerprint density at radius 2 is 1.10 bits per heavy atom. The van der Waals surface area contributed by atoms with Gasteiger partial charge in [-0.05, 0) is 0 Å². The third kappa shape index (κ3) is 47000. The van der Waals surface area contributed by atoms with Crippen molar-refractivity contribution in [1.29, 1.82) is 5.41 Å². The topological polar surface area (TPSA) is 157 Å². The van der Waals surface area contributed by atoms with Gasteiger partial charge in [-0.3, -0.25) is 5.41 Å². The summed E-state index contributed by atoms with van der Waals surface area (Å²) < 4.78 is 0. The first kappa shape index (κ1) is 16.6. The van der Waals surface area contributed by atoms with Gasteiger partial charge in [0.05, 0.1) is 0 Å². The Morgan fingerprint density at radius 3 is 1.10 bits per heavy atom. The van der Waals surface area contributed by atoms with Gasteiger partial charge in [0.1, 0.15) is 0 Å². The Labute approximate surface area is 74.4 Å². The maximum atomic E-state index is 7.33. The van der Waals surface area contributed by atoms with Crippen LogP contribution in [0.2, 0.25) is 0 Å². The van der Waals surface area contributed by atoms with Crippen LogP contribution in [-0.2, 0) is 0 Å². The van der Waals surface area contributed by atoms with Gasteiger partial charge in [-0.25, -0.2) is 0 Å². The van der Waals surface area contributed by atoms with Crippen LogP contribution in [0, 0.1) is 5.41 Å². The largest absolute Gasteiger partial charge is 0.668 e. The minimum absolute atomic E-state index is 0. The standard InChI is InChI=1S/CH5N3.Mg.H4O4Si.2H/c2-1(3)4;;1-5(2,3)4;;/h(H5,2,3,4);;1-4H;;. The van der Waals surface area contributed by atoms with Gasteiger partial charge in [0.25, 0.3) is 0 Å². The molecule has 0 radical (unpaired) electrons. The summed E-state index contributed by atoms with van der Waals surface area (Å²) in [4.78, 5) is 29.3. The molecule has 0 spiro atoms. The van der Waals surface area contributed by atoms with E-state index < -0.39 is 9.05 Å². The van der Waals surface area contributed by atoms with Crippen molar-refractivity contribution in [3.05, 3.63) is 0 Å². The number of hydrogen-bond acceptors (Lipinski definition) is 5. The van der Waals surface area contributed by atoms with E-state index in [2.05, 4.69) is 11.5 Å². The van der Waals surface area contributed by atoms with Gasteiger partial charge < -0.3 is 30.7 Å². The van der Waals surface area contributed by atoms with Gasteiger partial charge in [-0.15, -0.1) is 0 Å². The van der Waals surface area contributed by atoms with Crippen LogP contribution in [0.1, 0.15) is 0 Å². The quantitative estimate of drug-likeness (QED) is 0.113. The van der Waals surface area contributed by atoms with Gasteiger partial charge in [-0.1, -0.05) is 0 Å². The minimum atomic E-state index is -4.61. The van der Waals surface area contributed by atoms with Crippen molar-refractivity contribution < 1.29 is 19.2 Å². The van der Waals surface area contributed by atoms with Crippen LogP contribution in [-0.4, -0.2) is 57.2 Å². The Morgan fingerprint density at radius 1 is 1.10 bits per heavy atom. The van der Waals surface area contributed by atoms with Crippen LogP contribution in [0.3, 0.4) is 0 Å². The smallest absolute Gasteiger partial charge is 0.370 e. The number of hydrogen-bond donors (Lipinski definition) is 7. The van der Waals surface area contributed by atoms with E-state index in [0.29, 0.717) is 0 Å². The lowest BCUT2D eigenvalue weighted by Crippen LogP contribution is -2.33. The van der Waals surface area contributed by atoms with E-state index in [4.69, 9.17) is 24.6 Å². The Kier molecular flexibility index (Phi) is 11.9. The van der Waals surface area contributed by atoms with E-state index in [1.807, 2.05) is 0 Å². The van der Waals surface area contributed by atoms with Gasteiger partial charge in [0, 0.05) is 0 Å². The van der Waals surface area contributed by atoms with Crippen molar-refractivity contribution in [3.63, 3.8) is 0 Å². The highest BCUT2D eigenvalue weighted by atomic mass is 28.4. The van der Waals surface area contributed by atoms with Crippen molar-refractivity contribution >= 4 is 38.1 Å². The molecule has 0 aromatic carbocycles. The van der Waals surface area contributed by atoms with E-state index in [1.165, 1.54) is 0 Å². The van der Waals surface area contributed by atoms with E-state index in [0.717, 1.165) is 0 Å². The van der Waals surface area contributed by atoms with E-state index >= 15 is 0 Å². The minimum Gasteiger partial charge on any atom is -0.370 e. The summed E-state index contributed by atoms with van der Waals surface area (Å²) in [6, 6.07) is 0. The summed E-state index contributed by atoms with van der Waals surface area (Å²) in [7, 11) is -4.61. The van der Waals surface area contributed by atoms with E-state index in [1.54, 1.807) is 0 Å². The highest BCUT2D eigenvalue weighted by Gasteiger charge is 2.22. The normalized spacial score (nSPS) is 8.40. The average Bonchev–Trinajstić information content (AvgIpc) is 1.19. The highest BCUT2D eigenvalue weighted by molar-refractivity contribution is 6.46. The molecule has 9 heteroatoms. The van der Waals surface area contributed by atoms with Crippen molar-refractivity contribution in [1.82, 2.24) is 0 Å². The summed E-state index contributed by atoms with van der Waals surface area (Å²) in [6.45, 7) is 0. The summed E-state index contributed by atoms with van der Waals surface area (Å²) >= 11 is 0. The first-order chi connectivity index (χ1) is 3.73. The monoisotopic (exact) mass is 181 g/mol. The third-order valence-corrected chi connectivity index (χ3v) is 0. The van der Waals surface area contributed by atoms with Crippen molar-refractivity contribution in [2.24, 2.45) is 11.5 Å². The molecule has 60 valence electrons. The molecule has 0 aromatic heterocycles. The molecule has 0 saturated heterocycles. The molecule has 0 aliphatic rings. The summed E-state index contributed by atoms with van der Waals surface area (Å²) in [6.07, 6.45) is 0. The second kappa shape index (κ2) is 7.20. The van der Waals surface area contributed by atoms with Crippen LogP contribution in [0.15, 0.2) is 0 Å². The van der Waals surface area contributed by atoms with E-state index in [-0.39, 0.29) is 29.0 Å². The lowest BCUT2D eigenvalue weighted by atomic mass is 11.1. The molecule has 0 unspecified atom stereocenters. The SMILES string of the molecule is N=C(N)N.O[Si](O)(O)O.[MgH2]. The first-order valence-electron chi connectivity index (χ1n) is 1.72. The third-order valence-electron chi connectivity index (χ3n) is 0. The van der Waals surface area contributed by atoms with Gasteiger partial charge >= 0.3 is 32.1 Å². The fourth-order valence-electron chi connectivity index (χ4n) is 0. The predicted molar refractivity (Wildman–Crippen MR) is 39.3 cm³/mol. The maximum absolute atomic E-state index is 7.33. The fraction of sp³-hybridized carbons (Fsp3) is 0. The predicted octanol–water partition coefficient (Wildman–Crippen LogP) is -4.69. The zero-order valence-corrected chi connectivity index (χ0v) is 5.44. The lowest BCUT2D eigenvalue weighted by Gasteiger charge is -1.91. The van der Waals surface area contributed by atoms with Crippen LogP contribution in [0.4, 0.5) is 0 Å². The van der Waals surface area contributed by atoms with Crippen molar-refractivity contribution in [2.45, 2.75) is 0 Å². The summed E-state index contributed by atoms with van der Waals surface area (Å²) in [5, 5.41) is 6.06. The lowest BCUT2D eigenvalue weighted by molar-refractivity contribution is 0.117. The number of nitrogens with two attached hydrogens (primary N) is 2. The molecule has 10 heavy (non-hydrogen) atoms. The molecule has 0 atom stereocenters. The number of rotatable bonds is 0. The molecular formula is CH11MgN3O4Si. The zero-order valence-electron chi connectivity index (χ0n) is 4.44. The summed E-state index contributed by atoms with van der Waals surface area (Å²) in [5.41, 5.74) is 8.94. The second-order valence-electron chi connectivity index (χ2n) is 1.06. The molecule has 0 fully saturated rings. The molecule has 7 nitrogen and oxygen atoms in total. The number of guanidine groups is 1. The van der Waals surface area contributed by atoms with Gasteiger partial charge in [-0.2, -0.15) is 0 Å². The molecule has 9 N–H and O–H groups in total. The maximum Gasteiger partial charge on any atom is 0.668 e. The number of nitrogens with one attached hydrogen (secondary N) is 1. The van der Waals surface area contributed by atoms with E-state index in [9.17, 15) is 0 Å². The average molecular weight is 182 g/mol. The fourth-order valence-corrected chi connectivity index (χ4v) is 0. The molecule has 0 aromatic rings. The molecule has 0 rings (SSSR count). The van der Waals surface area contributed by atoms with Crippen LogP contribution >= 0.6 is 0 Å². The second-order valence-corrected chi connectivity index (χ2v) is 2.26. The van der Waals surface area contributed by atoms with Crippen molar-refractivity contribution in [3.8, 4) is 0 Å². The molecule has 0 bridgehead atoms. The van der Waals surface area contributed by atoms with Gasteiger partial charge in [0.2, 0.25) is 0 Å². The molecule has 0 aliphatic heterocycles. The van der Waals surface area contributed by atoms with Crippen molar-refractivity contribution in [2.75, 3.05) is 0 Å². The van der Waals surface area contributed by atoms with Crippen LogP contribution in [0.5, 0.6) is 0 Å². The molecule has 0 amide bonds. The molecule has 0 heterocycles. The zero-order chi connectivity index (χ0) is 8.08. The molecule has 0 saturated carbocycles. The Balaban J connectivity index is -0.0000000910. The van der Waals surface area contributed by atoms with Crippen LogP contribution in [0.25, 0.3) is 0 Å². The van der Waals surface area contributed by atoms with Gasteiger partial charge in [0.15, 0.2) is 5.96 Å². The molecular weight excluding hydrogens is 170 g/mol. The molecule has 0 aliphatic carbocycles. The highest BCUT2D eigenvalue weighted by Crippen LogP contribution is 1.67. The Hall–Kier alpha value is 0.0931.